The summed E-state index contributed by atoms with van der Waals surface area (Å²) in [5.41, 5.74) is 6.65. The topological polar surface area (TPSA) is 67.6 Å². The normalized spacial score (nSPS) is 20.0. The van der Waals surface area contributed by atoms with Crippen molar-refractivity contribution in [2.75, 3.05) is 31.6 Å². The van der Waals surface area contributed by atoms with E-state index >= 15 is 0 Å². The Morgan fingerprint density at radius 2 is 2.18 bits per heavy atom. The highest BCUT2D eigenvalue weighted by atomic mass is 16.5. The van der Waals surface area contributed by atoms with Crippen LogP contribution in [0, 0.1) is 0 Å². The summed E-state index contributed by atoms with van der Waals surface area (Å²) in [7, 11) is 1.63. The van der Waals surface area contributed by atoms with Gasteiger partial charge in [-0.15, -0.1) is 0 Å². The van der Waals surface area contributed by atoms with Crippen LogP contribution in [0.25, 0.3) is 0 Å². The number of nitrogens with zero attached hydrogens (tertiary/aromatic N) is 1. The van der Waals surface area contributed by atoms with Gasteiger partial charge in [-0.1, -0.05) is 0 Å². The van der Waals surface area contributed by atoms with Crippen molar-refractivity contribution in [3.8, 4) is 5.75 Å². The Labute approximate surface area is 101 Å². The van der Waals surface area contributed by atoms with Crippen LogP contribution < -0.4 is 20.7 Å². The summed E-state index contributed by atoms with van der Waals surface area (Å²) in [5.74, 6) is 0.800. The first-order valence-corrected chi connectivity index (χ1v) is 5.64. The first kappa shape index (κ1) is 11.7. The smallest absolute Gasteiger partial charge is 0.244 e. The molecule has 1 aliphatic rings. The van der Waals surface area contributed by atoms with Crippen molar-refractivity contribution >= 4 is 11.6 Å². The first-order valence-electron chi connectivity index (χ1n) is 5.64. The zero-order chi connectivity index (χ0) is 12.3. The lowest BCUT2D eigenvalue weighted by molar-refractivity contribution is -0.123. The van der Waals surface area contributed by atoms with E-state index in [2.05, 4.69) is 5.32 Å². The summed E-state index contributed by atoms with van der Waals surface area (Å²) in [6.45, 7) is 1.75. The summed E-state index contributed by atoms with van der Waals surface area (Å²) in [6, 6.07) is 7.38. The summed E-state index contributed by atoms with van der Waals surface area (Å²) < 4.78 is 5.11. The van der Waals surface area contributed by atoms with Gasteiger partial charge in [0.05, 0.1) is 7.11 Å². The van der Waals surface area contributed by atoms with Crippen LogP contribution in [0.1, 0.15) is 0 Å². The van der Waals surface area contributed by atoms with E-state index in [4.69, 9.17) is 10.5 Å². The molecule has 0 radical (unpaired) electrons. The van der Waals surface area contributed by atoms with E-state index in [9.17, 15) is 4.79 Å². The maximum absolute atomic E-state index is 11.7. The lowest BCUT2D eigenvalue weighted by Gasteiger charge is -2.36. The molecule has 1 aromatic carbocycles. The molecule has 0 spiro atoms. The molecule has 5 heteroatoms. The average Bonchev–Trinajstić information content (AvgIpc) is 2.38. The molecule has 0 aliphatic carbocycles. The highest BCUT2D eigenvalue weighted by molar-refractivity contribution is 5.86. The highest BCUT2D eigenvalue weighted by Crippen LogP contribution is 2.21. The Morgan fingerprint density at radius 3 is 2.76 bits per heavy atom. The second kappa shape index (κ2) is 5.05. The summed E-state index contributed by atoms with van der Waals surface area (Å²) in [4.78, 5) is 13.7. The number of carbonyl (C=O) groups is 1. The van der Waals surface area contributed by atoms with Crippen molar-refractivity contribution in [1.29, 1.82) is 0 Å². The van der Waals surface area contributed by atoms with Crippen molar-refractivity contribution in [3.63, 3.8) is 0 Å². The van der Waals surface area contributed by atoms with Crippen LogP contribution in [0.15, 0.2) is 24.3 Å². The Morgan fingerprint density at radius 1 is 1.47 bits per heavy atom. The fraction of sp³-hybridized carbons (Fsp3) is 0.417. The Hall–Kier alpha value is -1.75. The fourth-order valence-electron chi connectivity index (χ4n) is 2.03. The third-order valence-corrected chi connectivity index (χ3v) is 2.96. The minimum atomic E-state index is -0.280. The summed E-state index contributed by atoms with van der Waals surface area (Å²) >= 11 is 0. The number of rotatable bonds is 3. The molecule has 92 valence electrons. The molecule has 1 atom stereocenters. The molecule has 0 bridgehead atoms. The third kappa shape index (κ3) is 2.34. The lowest BCUT2D eigenvalue weighted by atomic mass is 10.1. The molecule has 1 heterocycles. The molecule has 0 aromatic heterocycles. The van der Waals surface area contributed by atoms with E-state index < -0.39 is 0 Å². The molecule has 1 unspecified atom stereocenters. The highest BCUT2D eigenvalue weighted by Gasteiger charge is 2.28. The molecular weight excluding hydrogens is 218 g/mol. The van der Waals surface area contributed by atoms with Crippen LogP contribution >= 0.6 is 0 Å². The Kier molecular flexibility index (Phi) is 3.49. The van der Waals surface area contributed by atoms with Gasteiger partial charge in [0.25, 0.3) is 0 Å². The zero-order valence-corrected chi connectivity index (χ0v) is 9.85. The first-order chi connectivity index (χ1) is 8.26. The second-order valence-corrected chi connectivity index (χ2v) is 3.93. The number of nitrogens with two attached hydrogens (primary N) is 1. The number of anilines is 1. The molecule has 3 N–H and O–H groups in total. The van der Waals surface area contributed by atoms with E-state index in [-0.39, 0.29) is 11.9 Å². The quantitative estimate of drug-likeness (QED) is 0.771. The van der Waals surface area contributed by atoms with Crippen LogP contribution in [0.5, 0.6) is 5.75 Å². The van der Waals surface area contributed by atoms with E-state index in [1.807, 2.05) is 29.2 Å². The molecular formula is C12H17N3O2. The Bertz CT molecular complexity index is 391. The number of ether oxygens (including phenoxy) is 1. The molecule has 1 fully saturated rings. The van der Waals surface area contributed by atoms with Crippen LogP contribution in [0.3, 0.4) is 0 Å². The minimum Gasteiger partial charge on any atom is -0.497 e. The molecule has 5 nitrogen and oxygen atoms in total. The molecule has 1 saturated heterocycles. The number of hydrogen-bond donors (Lipinski definition) is 2. The number of nitrogens with one attached hydrogen (secondary N) is 1. The monoisotopic (exact) mass is 235 g/mol. The van der Waals surface area contributed by atoms with E-state index in [0.29, 0.717) is 13.1 Å². The SMILES string of the molecule is COc1ccc(N2CCNC(=O)C2CN)cc1. The van der Waals surface area contributed by atoms with Crippen LogP contribution in [0.4, 0.5) is 5.69 Å². The number of carbonyl (C=O) groups excluding carboxylic acids is 1. The van der Waals surface area contributed by atoms with Crippen LogP contribution in [-0.2, 0) is 4.79 Å². The summed E-state index contributed by atoms with van der Waals surface area (Å²) in [5, 5.41) is 2.82. The third-order valence-electron chi connectivity index (χ3n) is 2.96. The van der Waals surface area contributed by atoms with Crippen molar-refractivity contribution in [3.05, 3.63) is 24.3 Å². The second-order valence-electron chi connectivity index (χ2n) is 3.93. The molecule has 1 amide bonds. The van der Waals surface area contributed by atoms with Gasteiger partial charge in [0.1, 0.15) is 11.8 Å². The minimum absolute atomic E-state index is 0.00503. The van der Waals surface area contributed by atoms with Crippen LogP contribution in [0.2, 0.25) is 0 Å². The number of methoxy groups -OCH3 is 1. The number of piperazine rings is 1. The van der Waals surface area contributed by atoms with E-state index in [1.165, 1.54) is 0 Å². The van der Waals surface area contributed by atoms with Crippen molar-refractivity contribution in [2.24, 2.45) is 5.73 Å². The number of amides is 1. The molecule has 0 saturated carbocycles. The maximum Gasteiger partial charge on any atom is 0.244 e. The van der Waals surface area contributed by atoms with E-state index in [0.717, 1.165) is 18.0 Å². The summed E-state index contributed by atoms with van der Waals surface area (Å²) in [6.07, 6.45) is 0. The van der Waals surface area contributed by atoms with Crippen molar-refractivity contribution in [1.82, 2.24) is 5.32 Å². The van der Waals surface area contributed by atoms with Gasteiger partial charge in [0, 0.05) is 25.3 Å². The fourth-order valence-corrected chi connectivity index (χ4v) is 2.03. The number of hydrogen-bond acceptors (Lipinski definition) is 4. The van der Waals surface area contributed by atoms with Crippen molar-refractivity contribution < 1.29 is 9.53 Å². The van der Waals surface area contributed by atoms with Gasteiger partial charge in [0.2, 0.25) is 5.91 Å². The van der Waals surface area contributed by atoms with E-state index in [1.54, 1.807) is 7.11 Å². The standard InChI is InChI=1S/C12H17N3O2/c1-17-10-4-2-9(3-5-10)15-7-6-14-12(16)11(15)8-13/h2-5,11H,6-8,13H2,1H3,(H,14,16). The largest absolute Gasteiger partial charge is 0.497 e. The van der Waals surface area contributed by atoms with Crippen molar-refractivity contribution in [2.45, 2.75) is 6.04 Å². The molecule has 1 aliphatic heterocycles. The van der Waals surface area contributed by atoms with Gasteiger partial charge in [-0.3, -0.25) is 4.79 Å². The van der Waals surface area contributed by atoms with Crippen LogP contribution in [-0.4, -0.2) is 38.7 Å². The predicted molar refractivity (Wildman–Crippen MR) is 66.2 cm³/mol. The molecule has 2 rings (SSSR count). The molecule has 1 aromatic rings. The predicted octanol–water partition coefficient (Wildman–Crippen LogP) is -0.0413. The van der Waals surface area contributed by atoms with Gasteiger partial charge in [-0.2, -0.15) is 0 Å². The average molecular weight is 235 g/mol. The zero-order valence-electron chi connectivity index (χ0n) is 9.85. The lowest BCUT2D eigenvalue weighted by Crippen LogP contribution is -2.58. The Balaban J connectivity index is 2.21. The van der Waals surface area contributed by atoms with Gasteiger partial charge in [-0.25, -0.2) is 0 Å². The number of benzene rings is 1. The molecule has 17 heavy (non-hydrogen) atoms. The van der Waals surface area contributed by atoms with Gasteiger partial charge in [0.15, 0.2) is 0 Å². The van der Waals surface area contributed by atoms with Gasteiger partial charge >= 0.3 is 0 Å². The van der Waals surface area contributed by atoms with Gasteiger partial charge in [-0.05, 0) is 24.3 Å². The van der Waals surface area contributed by atoms with Gasteiger partial charge < -0.3 is 20.7 Å². The maximum atomic E-state index is 11.7.